The first-order valence-electron chi connectivity index (χ1n) is 3.17. The summed E-state index contributed by atoms with van der Waals surface area (Å²) in [5.74, 6) is 0. The molecule has 0 fully saturated rings. The second kappa shape index (κ2) is 12.0. The minimum absolute atomic E-state index is 0.471. The molecule has 5 nitrogen and oxygen atoms in total. The fraction of sp³-hybridized carbons (Fsp3) is 0.800. The van der Waals surface area contributed by atoms with Gasteiger partial charge in [-0.05, 0) is 0 Å². The lowest BCUT2D eigenvalue weighted by Crippen LogP contribution is -1.71. The molecule has 0 saturated heterocycles. The van der Waals surface area contributed by atoms with Crippen LogP contribution in [0.1, 0.15) is 26.7 Å². The minimum Gasteiger partial charge on any atom is -0.357 e. The summed E-state index contributed by atoms with van der Waals surface area (Å²) >= 11 is 0. The first-order chi connectivity index (χ1) is 5.18. The number of rotatable bonds is 3. The van der Waals surface area contributed by atoms with Crippen LogP contribution in [0, 0.1) is 0 Å². The average Bonchev–Trinajstić information content (AvgIpc) is 2.01. The molecular formula is C5H12N2O3P+. The van der Waals surface area contributed by atoms with Gasteiger partial charge in [-0.1, -0.05) is 26.7 Å². The van der Waals surface area contributed by atoms with E-state index in [-0.39, 0.29) is 0 Å². The normalized spacial score (nSPS) is 8.45. The summed E-state index contributed by atoms with van der Waals surface area (Å²) < 4.78 is 13.2. The van der Waals surface area contributed by atoms with Crippen LogP contribution in [-0.4, -0.2) is 16.1 Å². The van der Waals surface area contributed by atoms with Crippen LogP contribution in [0.4, 0.5) is 0 Å². The van der Waals surface area contributed by atoms with Crippen molar-refractivity contribution in [3.63, 3.8) is 0 Å². The molecule has 0 aliphatic rings. The van der Waals surface area contributed by atoms with E-state index in [1.807, 2.05) is 0 Å². The van der Waals surface area contributed by atoms with Gasteiger partial charge in [-0.3, -0.25) is 0 Å². The van der Waals surface area contributed by atoms with Gasteiger partial charge in [0.05, 0.1) is 0 Å². The van der Waals surface area contributed by atoms with Crippen molar-refractivity contribution in [1.82, 2.24) is 0 Å². The zero-order valence-electron chi connectivity index (χ0n) is 6.60. The van der Waals surface area contributed by atoms with Crippen LogP contribution in [0.5, 0.6) is 0 Å². The van der Waals surface area contributed by atoms with Crippen LogP contribution in [0.15, 0.2) is 0 Å². The van der Waals surface area contributed by atoms with Gasteiger partial charge < -0.3 is 5.53 Å². The summed E-state index contributed by atoms with van der Waals surface area (Å²) in [4.78, 5) is 10.1. The van der Waals surface area contributed by atoms with Gasteiger partial charge in [0.2, 0.25) is 0 Å². The smallest absolute Gasteiger partial charge is 0.357 e. The summed E-state index contributed by atoms with van der Waals surface area (Å²) in [7, 11) is -2.67. The van der Waals surface area contributed by atoms with Gasteiger partial charge in [0, 0.05) is 4.57 Å². The van der Waals surface area contributed by atoms with Gasteiger partial charge in [-0.15, -0.1) is 14.2 Å². The van der Waals surface area contributed by atoms with Crippen LogP contribution in [0.25, 0.3) is 5.53 Å². The molecule has 1 unspecified atom stereocenters. The summed E-state index contributed by atoms with van der Waals surface area (Å²) in [5, 5.41) is 0. The maximum absolute atomic E-state index is 9.48. The molecule has 0 bridgehead atoms. The van der Waals surface area contributed by atoms with Crippen LogP contribution in [0.3, 0.4) is 0 Å². The van der Waals surface area contributed by atoms with Gasteiger partial charge in [-0.2, -0.15) is 0 Å². The molecule has 0 aromatic carbocycles. The Kier molecular flexibility index (Phi) is 14.0. The summed E-state index contributed by atoms with van der Waals surface area (Å²) in [5.41, 5.74) is 7.52. The molecule has 0 aliphatic carbocycles. The van der Waals surface area contributed by atoms with Crippen LogP contribution >= 0.6 is 8.25 Å². The number of nitrogens with zero attached hydrogens (tertiary/aromatic N) is 2. The molecule has 0 aliphatic heterocycles. The van der Waals surface area contributed by atoms with E-state index in [2.05, 4.69) is 23.2 Å². The Morgan fingerprint density at radius 1 is 1.64 bits per heavy atom. The zero-order valence-corrected chi connectivity index (χ0v) is 7.49. The minimum atomic E-state index is -2.67. The van der Waals surface area contributed by atoms with E-state index in [4.69, 9.17) is 10.4 Å². The largest absolute Gasteiger partial charge is 0.753 e. The Balaban J connectivity index is 0. The van der Waals surface area contributed by atoms with Gasteiger partial charge >= 0.3 is 14.7 Å². The quantitative estimate of drug-likeness (QED) is 0.235. The molecule has 64 valence electrons. The molecule has 1 atom stereocenters. The predicted octanol–water partition coefficient (Wildman–Crippen LogP) is 1.72. The van der Waals surface area contributed by atoms with Gasteiger partial charge in [0.15, 0.2) is 0 Å². The van der Waals surface area contributed by atoms with Crippen molar-refractivity contribution in [2.45, 2.75) is 26.7 Å². The molecular weight excluding hydrogens is 167 g/mol. The number of hydrogen-bond acceptors (Lipinski definition) is 2. The third-order valence-electron chi connectivity index (χ3n) is 0.684. The van der Waals surface area contributed by atoms with Crippen LogP contribution < -0.4 is 0 Å². The second-order valence-electron chi connectivity index (χ2n) is 1.56. The van der Waals surface area contributed by atoms with E-state index in [1.54, 1.807) is 0 Å². The molecule has 0 saturated carbocycles. The Labute approximate surface area is 66.6 Å². The molecule has 0 heterocycles. The maximum Gasteiger partial charge on any atom is 0.753 e. The molecule has 0 radical (unpaired) electrons. The molecule has 6 heteroatoms. The highest BCUT2D eigenvalue weighted by Gasteiger charge is 2.10. The topological polar surface area (TPSA) is 82.9 Å². The third kappa shape index (κ3) is 26.9. The monoisotopic (exact) mass is 179 g/mol. The average molecular weight is 179 g/mol. The van der Waals surface area contributed by atoms with Crippen molar-refractivity contribution in [1.29, 1.82) is 0 Å². The van der Waals surface area contributed by atoms with E-state index >= 15 is 0 Å². The van der Waals surface area contributed by atoms with Gasteiger partial charge in [-0.25, -0.2) is 0 Å². The van der Waals surface area contributed by atoms with Crippen molar-refractivity contribution in [3.8, 4) is 0 Å². The predicted molar refractivity (Wildman–Crippen MR) is 41.2 cm³/mol. The fourth-order valence-corrected chi connectivity index (χ4v) is 0.184. The standard InChI is InChI=1S/C4H10.CHN2O3P/c1-3-4-2;2-3-1-6-7(4)5/h3-4H2,1-2H3;1H/p+1. The Bertz CT molecular complexity index is 143. The summed E-state index contributed by atoms with van der Waals surface area (Å²) in [6, 6.07) is 0. The van der Waals surface area contributed by atoms with E-state index < -0.39 is 8.25 Å². The summed E-state index contributed by atoms with van der Waals surface area (Å²) in [6.07, 6.45) is 3.11. The van der Waals surface area contributed by atoms with E-state index in [1.165, 1.54) is 12.8 Å². The first-order valence-corrected chi connectivity index (χ1v) is 4.30. The Morgan fingerprint density at radius 3 is 2.18 bits per heavy atom. The lowest BCUT2D eigenvalue weighted by atomic mass is 10.4. The molecule has 11 heavy (non-hydrogen) atoms. The van der Waals surface area contributed by atoms with E-state index in [0.29, 0.717) is 6.40 Å². The highest BCUT2D eigenvalue weighted by molar-refractivity contribution is 7.32. The SMILES string of the molecule is CCCC.[N-]=[N+]=CO[P+](=O)O. The van der Waals surface area contributed by atoms with Crippen LogP contribution in [0.2, 0.25) is 0 Å². The molecule has 0 rings (SSSR count). The highest BCUT2D eigenvalue weighted by Crippen LogP contribution is 2.10. The van der Waals surface area contributed by atoms with Crippen molar-refractivity contribution >= 4 is 14.7 Å². The zero-order chi connectivity index (χ0) is 9.11. The first kappa shape index (κ1) is 12.9. The molecule has 0 spiro atoms. The van der Waals surface area contributed by atoms with E-state index in [0.717, 1.165) is 0 Å². The maximum atomic E-state index is 9.48. The van der Waals surface area contributed by atoms with Crippen molar-refractivity contribution in [3.05, 3.63) is 5.53 Å². The lowest BCUT2D eigenvalue weighted by Gasteiger charge is -1.68. The van der Waals surface area contributed by atoms with Crippen molar-refractivity contribution in [2.24, 2.45) is 0 Å². The summed E-state index contributed by atoms with van der Waals surface area (Å²) in [6.45, 7) is 4.36. The lowest BCUT2D eigenvalue weighted by molar-refractivity contribution is -0.0151. The van der Waals surface area contributed by atoms with Gasteiger partial charge in [0.1, 0.15) is 0 Å². The third-order valence-corrected chi connectivity index (χ3v) is 0.959. The highest BCUT2D eigenvalue weighted by atomic mass is 31.1. The van der Waals surface area contributed by atoms with Crippen LogP contribution in [-0.2, 0) is 9.09 Å². The Morgan fingerprint density at radius 2 is 2.09 bits per heavy atom. The molecule has 0 aromatic rings. The van der Waals surface area contributed by atoms with E-state index in [9.17, 15) is 4.57 Å². The number of hydrogen-bond donors (Lipinski definition) is 1. The molecule has 0 aromatic heterocycles. The van der Waals surface area contributed by atoms with Gasteiger partial charge in [0.25, 0.3) is 0 Å². The fourth-order valence-electron chi connectivity index (χ4n) is 0.0614. The Hall–Kier alpha value is -0.760. The van der Waals surface area contributed by atoms with Crippen molar-refractivity contribution < 1.29 is 18.8 Å². The number of unbranched alkanes of at least 4 members (excludes halogenated alkanes) is 1. The molecule has 1 N–H and O–H groups in total. The van der Waals surface area contributed by atoms with Crippen molar-refractivity contribution in [2.75, 3.05) is 0 Å². The second-order valence-corrected chi connectivity index (χ2v) is 2.25. The molecule has 0 amide bonds.